The number of hydrogen-bond donors (Lipinski definition) is 4. The van der Waals surface area contributed by atoms with Crippen LogP contribution in [0.25, 0.3) is 0 Å². The van der Waals surface area contributed by atoms with Crippen molar-refractivity contribution in [1.82, 2.24) is 10.6 Å². The molecule has 16 heavy (non-hydrogen) atoms. The van der Waals surface area contributed by atoms with Gasteiger partial charge in [0.05, 0.1) is 6.54 Å². The van der Waals surface area contributed by atoms with Gasteiger partial charge in [0.15, 0.2) is 6.10 Å². The third kappa shape index (κ3) is 4.59. The van der Waals surface area contributed by atoms with Crippen molar-refractivity contribution in [2.75, 3.05) is 19.6 Å². The number of aliphatic hydroxyl groups excluding tert-OH is 1. The third-order valence-corrected chi connectivity index (χ3v) is 2.72. The number of nitrogens with one attached hydrogen (secondary N) is 2. The second-order valence-electron chi connectivity index (χ2n) is 4.06. The minimum absolute atomic E-state index is 0.202. The molecule has 0 aliphatic carbocycles. The van der Waals surface area contributed by atoms with Gasteiger partial charge in [0.2, 0.25) is 5.91 Å². The summed E-state index contributed by atoms with van der Waals surface area (Å²) in [7, 11) is 0. The van der Waals surface area contributed by atoms with Crippen molar-refractivity contribution in [3.8, 4) is 0 Å². The van der Waals surface area contributed by atoms with Gasteiger partial charge in [0.1, 0.15) is 0 Å². The molecule has 4 N–H and O–H groups in total. The van der Waals surface area contributed by atoms with Crippen molar-refractivity contribution >= 4 is 11.9 Å². The molecule has 0 spiro atoms. The molecule has 1 aliphatic rings. The smallest absolute Gasteiger partial charge is 0.334 e. The van der Waals surface area contributed by atoms with Crippen molar-refractivity contribution in [3.63, 3.8) is 0 Å². The van der Waals surface area contributed by atoms with Gasteiger partial charge in [-0.2, -0.15) is 0 Å². The largest absolute Gasteiger partial charge is 0.479 e. The molecule has 1 rings (SSSR count). The van der Waals surface area contributed by atoms with Crippen LogP contribution in [0.1, 0.15) is 19.3 Å². The van der Waals surface area contributed by atoms with Gasteiger partial charge in [-0.15, -0.1) is 0 Å². The molecule has 1 amide bonds. The SMILES string of the molecule is O=C(CCC1CCNC1)NCC(O)C(=O)O. The highest BCUT2D eigenvalue weighted by Crippen LogP contribution is 2.13. The van der Waals surface area contributed by atoms with E-state index in [-0.39, 0.29) is 12.5 Å². The lowest BCUT2D eigenvalue weighted by atomic mass is 10.0. The van der Waals surface area contributed by atoms with Crippen molar-refractivity contribution < 1.29 is 19.8 Å². The minimum Gasteiger partial charge on any atom is -0.479 e. The predicted molar refractivity (Wildman–Crippen MR) is 56.9 cm³/mol. The van der Waals surface area contributed by atoms with Gasteiger partial charge in [-0.05, 0) is 31.8 Å². The van der Waals surface area contributed by atoms with E-state index in [1.54, 1.807) is 0 Å². The van der Waals surface area contributed by atoms with Gasteiger partial charge in [-0.25, -0.2) is 4.79 Å². The summed E-state index contributed by atoms with van der Waals surface area (Å²) in [5, 5.41) is 22.9. The first-order valence-electron chi connectivity index (χ1n) is 5.48. The highest BCUT2D eigenvalue weighted by atomic mass is 16.4. The number of carboxylic acids is 1. The molecule has 0 saturated carbocycles. The van der Waals surface area contributed by atoms with Crippen LogP contribution in [0.5, 0.6) is 0 Å². The highest BCUT2D eigenvalue weighted by Gasteiger charge is 2.17. The zero-order valence-corrected chi connectivity index (χ0v) is 9.11. The molecule has 1 heterocycles. The average Bonchev–Trinajstić information content (AvgIpc) is 2.75. The fourth-order valence-electron chi connectivity index (χ4n) is 1.68. The Kier molecular flexibility index (Phi) is 5.21. The second-order valence-corrected chi connectivity index (χ2v) is 4.06. The molecule has 6 heteroatoms. The molecule has 0 bridgehead atoms. The molecule has 2 atom stereocenters. The lowest BCUT2D eigenvalue weighted by Gasteiger charge is -2.09. The van der Waals surface area contributed by atoms with Gasteiger partial charge in [0.25, 0.3) is 0 Å². The van der Waals surface area contributed by atoms with Crippen molar-refractivity contribution in [2.45, 2.75) is 25.4 Å². The van der Waals surface area contributed by atoms with Gasteiger partial charge in [0, 0.05) is 6.42 Å². The van der Waals surface area contributed by atoms with Gasteiger partial charge >= 0.3 is 5.97 Å². The number of carboxylic acid groups (broad SMARTS) is 1. The summed E-state index contributed by atoms with van der Waals surface area (Å²) in [4.78, 5) is 21.6. The van der Waals surface area contributed by atoms with E-state index in [2.05, 4.69) is 10.6 Å². The Balaban J connectivity index is 2.08. The normalized spacial score (nSPS) is 21.7. The molecule has 0 radical (unpaired) electrons. The summed E-state index contributed by atoms with van der Waals surface area (Å²) in [5.41, 5.74) is 0. The van der Waals surface area contributed by atoms with Crippen LogP contribution in [-0.2, 0) is 9.59 Å². The van der Waals surface area contributed by atoms with Crippen LogP contribution in [0.4, 0.5) is 0 Å². The molecule has 1 saturated heterocycles. The predicted octanol–water partition coefficient (Wildman–Crippen LogP) is -1.06. The Hall–Kier alpha value is -1.14. The van der Waals surface area contributed by atoms with Crippen LogP contribution in [0.3, 0.4) is 0 Å². The lowest BCUT2D eigenvalue weighted by molar-refractivity contribution is -0.146. The molecule has 0 aromatic carbocycles. The summed E-state index contributed by atoms with van der Waals surface area (Å²) in [5.74, 6) is -0.984. The number of rotatable bonds is 6. The summed E-state index contributed by atoms with van der Waals surface area (Å²) in [6, 6.07) is 0. The van der Waals surface area contributed by atoms with Gasteiger partial charge < -0.3 is 20.8 Å². The number of aliphatic hydroxyl groups is 1. The van der Waals surface area contributed by atoms with E-state index < -0.39 is 12.1 Å². The van der Waals surface area contributed by atoms with E-state index in [1.165, 1.54) is 0 Å². The second kappa shape index (κ2) is 6.44. The number of hydrogen-bond acceptors (Lipinski definition) is 4. The van der Waals surface area contributed by atoms with Crippen molar-refractivity contribution in [2.24, 2.45) is 5.92 Å². The fourth-order valence-corrected chi connectivity index (χ4v) is 1.68. The average molecular weight is 230 g/mol. The summed E-state index contributed by atoms with van der Waals surface area (Å²) >= 11 is 0. The van der Waals surface area contributed by atoms with Crippen LogP contribution in [0, 0.1) is 5.92 Å². The van der Waals surface area contributed by atoms with E-state index in [0.29, 0.717) is 12.3 Å². The maximum absolute atomic E-state index is 11.3. The van der Waals surface area contributed by atoms with Crippen LogP contribution < -0.4 is 10.6 Å². The Morgan fingerprint density at radius 3 is 2.81 bits per heavy atom. The topological polar surface area (TPSA) is 98.7 Å². The molecule has 1 fully saturated rings. The zero-order chi connectivity index (χ0) is 12.0. The Bertz CT molecular complexity index is 251. The van der Waals surface area contributed by atoms with Crippen molar-refractivity contribution in [1.29, 1.82) is 0 Å². The Morgan fingerprint density at radius 1 is 1.50 bits per heavy atom. The molecular formula is C10H18N2O4. The van der Waals surface area contributed by atoms with Crippen LogP contribution >= 0.6 is 0 Å². The molecule has 6 nitrogen and oxygen atoms in total. The van der Waals surface area contributed by atoms with E-state index in [9.17, 15) is 9.59 Å². The van der Waals surface area contributed by atoms with E-state index in [4.69, 9.17) is 10.2 Å². The first-order valence-corrected chi connectivity index (χ1v) is 5.48. The number of aliphatic carboxylic acids is 1. The number of carbonyl (C=O) groups excluding carboxylic acids is 1. The number of carbonyl (C=O) groups is 2. The third-order valence-electron chi connectivity index (χ3n) is 2.72. The summed E-state index contributed by atoms with van der Waals surface area (Å²) in [6.07, 6.45) is 0.767. The van der Waals surface area contributed by atoms with E-state index in [1.807, 2.05) is 0 Å². The first-order chi connectivity index (χ1) is 7.59. The molecule has 2 unspecified atom stereocenters. The van der Waals surface area contributed by atoms with Crippen LogP contribution in [0.15, 0.2) is 0 Å². The molecular weight excluding hydrogens is 212 g/mol. The van der Waals surface area contributed by atoms with Gasteiger partial charge in [-0.1, -0.05) is 0 Å². The van der Waals surface area contributed by atoms with Gasteiger partial charge in [-0.3, -0.25) is 4.79 Å². The van der Waals surface area contributed by atoms with Crippen molar-refractivity contribution in [3.05, 3.63) is 0 Å². The molecule has 0 aromatic rings. The monoisotopic (exact) mass is 230 g/mol. The molecule has 0 aromatic heterocycles. The Labute approximate surface area is 94.0 Å². The standard InChI is InChI=1S/C10H18N2O4/c13-8(10(15)16)6-12-9(14)2-1-7-3-4-11-5-7/h7-8,11,13H,1-6H2,(H,12,14)(H,15,16). The van der Waals surface area contributed by atoms with Crippen LogP contribution in [-0.4, -0.2) is 47.8 Å². The maximum Gasteiger partial charge on any atom is 0.334 e. The lowest BCUT2D eigenvalue weighted by Crippen LogP contribution is -2.36. The first kappa shape index (κ1) is 12.9. The van der Waals surface area contributed by atoms with Crippen LogP contribution in [0.2, 0.25) is 0 Å². The zero-order valence-electron chi connectivity index (χ0n) is 9.11. The Morgan fingerprint density at radius 2 is 2.25 bits per heavy atom. The van der Waals surface area contributed by atoms with E-state index >= 15 is 0 Å². The molecule has 92 valence electrons. The number of amides is 1. The maximum atomic E-state index is 11.3. The highest BCUT2D eigenvalue weighted by molar-refractivity contribution is 5.77. The van der Waals surface area contributed by atoms with E-state index in [0.717, 1.165) is 25.9 Å². The minimum atomic E-state index is -1.52. The molecule has 1 aliphatic heterocycles. The summed E-state index contributed by atoms with van der Waals surface area (Å²) in [6.45, 7) is 1.73. The summed E-state index contributed by atoms with van der Waals surface area (Å²) < 4.78 is 0. The quantitative estimate of drug-likeness (QED) is 0.466. The fraction of sp³-hybridized carbons (Fsp3) is 0.800.